The lowest BCUT2D eigenvalue weighted by Gasteiger charge is -2.36. The first-order chi connectivity index (χ1) is 17.2. The van der Waals surface area contributed by atoms with Crippen molar-refractivity contribution in [2.45, 2.75) is 19.6 Å². The van der Waals surface area contributed by atoms with Crippen molar-refractivity contribution in [1.29, 1.82) is 0 Å². The molecule has 0 unspecified atom stereocenters. The number of hydrogen-bond acceptors (Lipinski definition) is 4. The zero-order valence-corrected chi connectivity index (χ0v) is 25.6. The molecule has 212 valence electrons. The van der Waals surface area contributed by atoms with Crippen molar-refractivity contribution in [3.8, 4) is 0 Å². The number of quaternary nitrogens is 3. The summed E-state index contributed by atoms with van der Waals surface area (Å²) in [5.74, 6) is 0. The van der Waals surface area contributed by atoms with Crippen LogP contribution < -0.4 is 14.7 Å². The van der Waals surface area contributed by atoms with Gasteiger partial charge < -0.3 is 32.7 Å². The fraction of sp³-hybridized carbons (Fsp3) is 0.400. The Kier molecular flexibility index (Phi) is 15.6. The van der Waals surface area contributed by atoms with E-state index in [1.807, 2.05) is 0 Å². The van der Waals surface area contributed by atoms with Crippen molar-refractivity contribution in [3.63, 3.8) is 0 Å². The van der Waals surface area contributed by atoms with Crippen LogP contribution in [-0.4, -0.2) is 76.9 Å². The maximum Gasteiger partial charge on any atom is 0.104 e. The van der Waals surface area contributed by atoms with E-state index >= 15 is 0 Å². The molecule has 0 N–H and O–H groups in total. The number of rotatable bonds is 6. The van der Waals surface area contributed by atoms with Crippen molar-refractivity contribution in [3.05, 3.63) is 108 Å². The first-order valence-electron chi connectivity index (χ1n) is 12.5. The van der Waals surface area contributed by atoms with Crippen LogP contribution in [0.3, 0.4) is 0 Å². The smallest absolute Gasteiger partial charge is 0.104 e. The van der Waals surface area contributed by atoms with Gasteiger partial charge in [-0.2, -0.15) is 7.82 Å². The second kappa shape index (κ2) is 16.6. The van der Waals surface area contributed by atoms with Crippen LogP contribution in [0.25, 0.3) is 0 Å². The summed E-state index contributed by atoms with van der Waals surface area (Å²) in [5, 5.41) is 0. The summed E-state index contributed by atoms with van der Waals surface area (Å²) in [6.45, 7) is 3.29. The summed E-state index contributed by atoms with van der Waals surface area (Å²) >= 11 is 0. The third-order valence-corrected chi connectivity index (χ3v) is 4.50. The first-order valence-corrected chi connectivity index (χ1v) is 14.0. The van der Waals surface area contributed by atoms with Crippen molar-refractivity contribution < 1.29 is 32.7 Å². The molecule has 0 atom stereocenters. The highest BCUT2D eigenvalue weighted by molar-refractivity contribution is 7.40. The molecule has 0 aliphatic rings. The molecule has 3 rings (SSSR count). The maximum atomic E-state index is 8.55. The fourth-order valence-electron chi connectivity index (χ4n) is 3.39. The molecule has 0 aromatic heterocycles. The molecule has 0 aliphatic carbocycles. The highest BCUT2D eigenvalue weighted by Gasteiger charge is 2.08. The number of nitrogens with zero attached hydrogens (tertiary/aromatic N) is 3. The summed E-state index contributed by atoms with van der Waals surface area (Å²) in [5.41, 5.74) is 4.21. The van der Waals surface area contributed by atoms with E-state index < -0.39 is 7.82 Å². The van der Waals surface area contributed by atoms with Gasteiger partial charge in [-0.25, -0.2) is 0 Å². The molecule has 0 saturated carbocycles. The summed E-state index contributed by atoms with van der Waals surface area (Å²) in [6, 6.07) is 31.7. The molecule has 3 aromatic carbocycles. The van der Waals surface area contributed by atoms with Crippen LogP contribution in [0.4, 0.5) is 0 Å². The average molecular weight is 546 g/mol. The molecule has 38 heavy (non-hydrogen) atoms. The van der Waals surface area contributed by atoms with E-state index in [1.54, 1.807) is 0 Å². The van der Waals surface area contributed by atoms with Crippen LogP contribution in [0, 0.1) is 0 Å². The lowest BCUT2D eigenvalue weighted by molar-refractivity contribution is -0.884. The van der Waals surface area contributed by atoms with Gasteiger partial charge >= 0.3 is 0 Å². The lowest BCUT2D eigenvalue weighted by atomic mass is 10.2. The van der Waals surface area contributed by atoms with E-state index in [2.05, 4.69) is 154 Å². The third kappa shape index (κ3) is 26.7. The number of hydrogen-bond donors (Lipinski definition) is 0. The van der Waals surface area contributed by atoms with E-state index in [0.717, 1.165) is 33.1 Å². The summed E-state index contributed by atoms with van der Waals surface area (Å²) in [4.78, 5) is 25.6. The van der Waals surface area contributed by atoms with E-state index in [4.69, 9.17) is 19.2 Å². The normalized spacial score (nSPS) is 11.6. The Morgan fingerprint density at radius 1 is 0.447 bits per heavy atom. The molecule has 0 saturated heterocycles. The molecule has 0 fully saturated rings. The maximum absolute atomic E-state index is 8.55. The van der Waals surface area contributed by atoms with Crippen molar-refractivity contribution in [1.82, 2.24) is 0 Å². The summed E-state index contributed by atoms with van der Waals surface area (Å²) in [6.07, 6.45) is 0. The Bertz CT molecular complexity index is 907. The Balaban J connectivity index is 0.000000497. The Labute approximate surface area is 231 Å². The van der Waals surface area contributed by atoms with E-state index in [9.17, 15) is 0 Å². The van der Waals surface area contributed by atoms with Gasteiger partial charge in [0.05, 0.1) is 63.4 Å². The molecule has 7 nitrogen and oxygen atoms in total. The zero-order chi connectivity index (χ0) is 29.5. The van der Waals surface area contributed by atoms with Crippen molar-refractivity contribution in [2.24, 2.45) is 0 Å². The standard InChI is InChI=1S/3C10H16N.H3O4P/c3*1-11(2,3)9-10-7-5-4-6-8-10;1-5(2,3)4/h3*4-8H,9H2,1-3H3;(H3,1,2,3,4)/q3*+1;/p-3. The highest BCUT2D eigenvalue weighted by Crippen LogP contribution is 2.07. The van der Waals surface area contributed by atoms with Gasteiger partial charge in [-0.1, -0.05) is 91.0 Å². The molecule has 0 aliphatic heterocycles. The Morgan fingerprint density at radius 3 is 0.737 bits per heavy atom. The van der Waals surface area contributed by atoms with Gasteiger partial charge in [0.2, 0.25) is 0 Å². The molecular formula is C30H48N3O4P. The number of benzene rings is 3. The zero-order valence-electron chi connectivity index (χ0n) is 24.7. The molecule has 3 aromatic rings. The summed E-state index contributed by atoms with van der Waals surface area (Å²) < 4.78 is 11.5. The van der Waals surface area contributed by atoms with E-state index in [1.165, 1.54) is 16.7 Å². The minimum absolute atomic E-state index is 0.990. The van der Waals surface area contributed by atoms with Gasteiger partial charge in [0.25, 0.3) is 0 Å². The predicted octanol–water partition coefficient (Wildman–Crippen LogP) is 2.85. The van der Waals surface area contributed by atoms with Gasteiger partial charge in [0.15, 0.2) is 0 Å². The minimum atomic E-state index is -5.39. The Morgan fingerprint density at radius 2 is 0.605 bits per heavy atom. The van der Waals surface area contributed by atoms with Crippen LogP contribution in [-0.2, 0) is 24.2 Å². The van der Waals surface area contributed by atoms with Crippen LogP contribution in [0.2, 0.25) is 0 Å². The predicted molar refractivity (Wildman–Crippen MR) is 152 cm³/mol. The third-order valence-electron chi connectivity index (χ3n) is 4.50. The van der Waals surface area contributed by atoms with Gasteiger partial charge in [0, 0.05) is 16.7 Å². The first kappa shape index (κ1) is 35.6. The van der Waals surface area contributed by atoms with Gasteiger partial charge in [-0.15, -0.1) is 0 Å². The molecule has 8 heteroatoms. The van der Waals surface area contributed by atoms with Gasteiger partial charge in [-0.05, 0) is 0 Å². The monoisotopic (exact) mass is 545 g/mol. The van der Waals surface area contributed by atoms with Crippen molar-refractivity contribution in [2.75, 3.05) is 63.4 Å². The second-order valence-corrected chi connectivity index (χ2v) is 13.1. The largest absolute Gasteiger partial charge is 0.822 e. The Hall–Kier alpha value is -2.35. The van der Waals surface area contributed by atoms with Crippen molar-refractivity contribution >= 4 is 7.82 Å². The topological polar surface area (TPSA) is 86.2 Å². The molecule has 0 amide bonds. The molecule has 0 heterocycles. The van der Waals surface area contributed by atoms with Crippen LogP contribution in [0.5, 0.6) is 0 Å². The van der Waals surface area contributed by atoms with Crippen LogP contribution >= 0.6 is 7.82 Å². The van der Waals surface area contributed by atoms with Gasteiger partial charge in [0.1, 0.15) is 19.6 Å². The lowest BCUT2D eigenvalue weighted by Crippen LogP contribution is -2.33. The van der Waals surface area contributed by atoms with Crippen LogP contribution in [0.15, 0.2) is 91.0 Å². The van der Waals surface area contributed by atoms with E-state index in [-0.39, 0.29) is 0 Å². The molecule has 0 bridgehead atoms. The average Bonchev–Trinajstić information content (AvgIpc) is 2.72. The van der Waals surface area contributed by atoms with Crippen LogP contribution in [0.1, 0.15) is 16.7 Å². The van der Waals surface area contributed by atoms with Gasteiger partial charge in [-0.3, -0.25) is 0 Å². The van der Waals surface area contributed by atoms with E-state index in [0.29, 0.717) is 0 Å². The fourth-order valence-corrected chi connectivity index (χ4v) is 3.39. The second-order valence-electron chi connectivity index (χ2n) is 12.2. The molecule has 0 spiro atoms. The molecule has 0 radical (unpaired) electrons. The summed E-state index contributed by atoms with van der Waals surface area (Å²) in [7, 11) is 14.4. The minimum Gasteiger partial charge on any atom is -0.822 e. The highest BCUT2D eigenvalue weighted by atomic mass is 31.2. The number of phosphoric acid groups is 1. The quantitative estimate of drug-likeness (QED) is 0.352. The SMILES string of the molecule is C[N+](C)(C)Cc1ccccc1.C[N+](C)(C)Cc1ccccc1.C[N+](C)(C)Cc1ccccc1.O=P([O-])([O-])[O-]. The molecular weight excluding hydrogens is 497 g/mol.